The fourth-order valence-electron chi connectivity index (χ4n) is 1.94. The highest BCUT2D eigenvalue weighted by Gasteiger charge is 2.06. The Kier molecular flexibility index (Phi) is 4.52. The summed E-state index contributed by atoms with van der Waals surface area (Å²) in [4.78, 5) is 4.21. The lowest BCUT2D eigenvalue weighted by Gasteiger charge is -2.08. The van der Waals surface area contributed by atoms with Crippen LogP contribution in [0, 0.1) is 18.6 Å². The molecule has 0 bridgehead atoms. The van der Waals surface area contributed by atoms with E-state index in [1.54, 1.807) is 6.07 Å². The Balaban J connectivity index is 1.78. The Morgan fingerprint density at radius 1 is 0.958 bits per heavy atom. The molecule has 5 nitrogen and oxygen atoms in total. The van der Waals surface area contributed by atoms with Gasteiger partial charge < -0.3 is 10.6 Å². The molecule has 0 fully saturated rings. The van der Waals surface area contributed by atoms with Crippen molar-refractivity contribution in [3.63, 3.8) is 0 Å². The number of nitrogens with one attached hydrogen (secondary N) is 2. The summed E-state index contributed by atoms with van der Waals surface area (Å²) in [5.41, 5.74) is 2.01. The van der Waals surface area contributed by atoms with Gasteiger partial charge in [0.15, 0.2) is 17.5 Å². The van der Waals surface area contributed by atoms with Gasteiger partial charge in [0.2, 0.25) is 5.95 Å². The Hall–Kier alpha value is -2.80. The maximum atomic E-state index is 13.2. The van der Waals surface area contributed by atoms with Crippen molar-refractivity contribution >= 4 is 34.7 Å². The third-order valence-corrected chi connectivity index (χ3v) is 3.59. The number of benzene rings is 2. The standard InChI is InChI=1S/C16H12ClF2N5/c1-9-2-3-10(6-12(9)17)22-16-23-15(8-20-24-16)21-11-4-5-13(18)14(19)7-11/h2-8H,1H3,(H2,21,22,23,24). The summed E-state index contributed by atoms with van der Waals surface area (Å²) in [7, 11) is 0. The van der Waals surface area contributed by atoms with Crippen molar-refractivity contribution in [1.29, 1.82) is 0 Å². The molecule has 0 aliphatic rings. The molecule has 0 unspecified atom stereocenters. The third kappa shape index (κ3) is 3.75. The summed E-state index contributed by atoms with van der Waals surface area (Å²) < 4.78 is 26.2. The molecule has 2 aromatic carbocycles. The van der Waals surface area contributed by atoms with E-state index in [2.05, 4.69) is 25.8 Å². The summed E-state index contributed by atoms with van der Waals surface area (Å²) in [5.74, 6) is -1.30. The van der Waals surface area contributed by atoms with E-state index in [0.29, 0.717) is 22.2 Å². The molecule has 24 heavy (non-hydrogen) atoms. The summed E-state index contributed by atoms with van der Waals surface area (Å²) in [5, 5.41) is 14.1. The number of anilines is 4. The molecule has 0 amide bonds. The van der Waals surface area contributed by atoms with Crippen molar-refractivity contribution in [3.05, 3.63) is 64.8 Å². The lowest BCUT2D eigenvalue weighted by molar-refractivity contribution is 0.509. The molecule has 0 saturated carbocycles. The van der Waals surface area contributed by atoms with Crippen molar-refractivity contribution in [2.75, 3.05) is 10.6 Å². The van der Waals surface area contributed by atoms with Gasteiger partial charge in [0.05, 0.1) is 6.20 Å². The van der Waals surface area contributed by atoms with Gasteiger partial charge in [0.1, 0.15) is 0 Å². The van der Waals surface area contributed by atoms with E-state index in [9.17, 15) is 8.78 Å². The number of aromatic nitrogens is 3. The largest absolute Gasteiger partial charge is 0.339 e. The maximum Gasteiger partial charge on any atom is 0.249 e. The van der Waals surface area contributed by atoms with Gasteiger partial charge in [-0.1, -0.05) is 17.7 Å². The van der Waals surface area contributed by atoms with E-state index in [1.807, 2.05) is 19.1 Å². The second-order valence-corrected chi connectivity index (χ2v) is 5.42. The summed E-state index contributed by atoms with van der Waals surface area (Å²) in [6.45, 7) is 1.90. The monoisotopic (exact) mass is 347 g/mol. The van der Waals surface area contributed by atoms with Crippen LogP contribution in [-0.2, 0) is 0 Å². The van der Waals surface area contributed by atoms with Crippen molar-refractivity contribution in [1.82, 2.24) is 15.2 Å². The average molecular weight is 348 g/mol. The van der Waals surface area contributed by atoms with Crippen LogP contribution >= 0.6 is 11.6 Å². The first-order valence-electron chi connectivity index (χ1n) is 6.96. The highest BCUT2D eigenvalue weighted by atomic mass is 35.5. The molecule has 122 valence electrons. The normalized spacial score (nSPS) is 10.5. The van der Waals surface area contributed by atoms with E-state index in [1.165, 1.54) is 12.3 Å². The van der Waals surface area contributed by atoms with Crippen molar-refractivity contribution < 1.29 is 8.78 Å². The molecular weight excluding hydrogens is 336 g/mol. The Morgan fingerprint density at radius 2 is 1.71 bits per heavy atom. The summed E-state index contributed by atoms with van der Waals surface area (Å²) in [6.07, 6.45) is 1.37. The third-order valence-electron chi connectivity index (χ3n) is 3.18. The number of hydrogen-bond donors (Lipinski definition) is 2. The van der Waals surface area contributed by atoms with Gasteiger partial charge in [-0.15, -0.1) is 5.10 Å². The molecule has 0 aliphatic heterocycles. The fraction of sp³-hybridized carbons (Fsp3) is 0.0625. The van der Waals surface area contributed by atoms with Crippen LogP contribution < -0.4 is 10.6 Å². The quantitative estimate of drug-likeness (QED) is 0.722. The molecular formula is C16H12ClF2N5. The molecule has 3 rings (SSSR count). The molecule has 1 heterocycles. The van der Waals surface area contributed by atoms with Crippen LogP contribution in [0.15, 0.2) is 42.6 Å². The molecule has 3 aromatic rings. The number of halogens is 3. The minimum atomic E-state index is -0.949. The zero-order chi connectivity index (χ0) is 17.1. The van der Waals surface area contributed by atoms with E-state index < -0.39 is 11.6 Å². The first-order valence-corrected chi connectivity index (χ1v) is 7.34. The number of nitrogens with zero attached hydrogens (tertiary/aromatic N) is 3. The van der Waals surface area contributed by atoms with Crippen molar-refractivity contribution in [3.8, 4) is 0 Å². The first kappa shape index (κ1) is 16.1. The minimum absolute atomic E-state index is 0.238. The number of rotatable bonds is 4. The molecule has 0 atom stereocenters. The maximum absolute atomic E-state index is 13.2. The Labute approximate surface area is 141 Å². The predicted octanol–water partition coefficient (Wildman–Crippen LogP) is 4.60. The number of hydrogen-bond acceptors (Lipinski definition) is 5. The Bertz CT molecular complexity index is 819. The van der Waals surface area contributed by atoms with Gasteiger partial charge in [0.25, 0.3) is 0 Å². The van der Waals surface area contributed by atoms with Gasteiger partial charge in [-0.3, -0.25) is 0 Å². The molecule has 2 N–H and O–H groups in total. The second-order valence-electron chi connectivity index (χ2n) is 5.01. The fourth-order valence-corrected chi connectivity index (χ4v) is 2.12. The van der Waals surface area contributed by atoms with E-state index in [4.69, 9.17) is 11.6 Å². The predicted molar refractivity (Wildman–Crippen MR) is 88.9 cm³/mol. The van der Waals surface area contributed by atoms with Gasteiger partial charge >= 0.3 is 0 Å². The Morgan fingerprint density at radius 3 is 2.46 bits per heavy atom. The first-order chi connectivity index (χ1) is 11.5. The highest BCUT2D eigenvalue weighted by molar-refractivity contribution is 6.31. The molecule has 0 aliphatic carbocycles. The van der Waals surface area contributed by atoms with Crippen LogP contribution in [-0.4, -0.2) is 15.2 Å². The SMILES string of the molecule is Cc1ccc(Nc2nncc(Nc3ccc(F)c(F)c3)n2)cc1Cl. The molecule has 0 radical (unpaired) electrons. The van der Waals surface area contributed by atoms with Crippen molar-refractivity contribution in [2.45, 2.75) is 6.92 Å². The number of aryl methyl sites for hydroxylation is 1. The van der Waals surface area contributed by atoms with Gasteiger partial charge in [-0.05, 0) is 36.8 Å². The average Bonchev–Trinajstić information content (AvgIpc) is 2.55. The van der Waals surface area contributed by atoms with E-state index in [0.717, 1.165) is 17.7 Å². The second kappa shape index (κ2) is 6.76. The van der Waals surface area contributed by atoms with Gasteiger partial charge in [-0.2, -0.15) is 10.1 Å². The van der Waals surface area contributed by atoms with Crippen molar-refractivity contribution in [2.24, 2.45) is 0 Å². The summed E-state index contributed by atoms with van der Waals surface area (Å²) in [6, 6.07) is 8.90. The van der Waals surface area contributed by atoms with Crippen LogP contribution in [0.25, 0.3) is 0 Å². The smallest absolute Gasteiger partial charge is 0.249 e. The molecule has 8 heteroatoms. The van der Waals surface area contributed by atoms with E-state index in [-0.39, 0.29) is 5.95 Å². The molecule has 1 aromatic heterocycles. The van der Waals surface area contributed by atoms with E-state index >= 15 is 0 Å². The summed E-state index contributed by atoms with van der Waals surface area (Å²) >= 11 is 6.07. The van der Waals surface area contributed by atoms with Crippen LogP contribution in [0.1, 0.15) is 5.56 Å². The zero-order valence-electron chi connectivity index (χ0n) is 12.5. The van der Waals surface area contributed by atoms with Crippen LogP contribution in [0.3, 0.4) is 0 Å². The van der Waals surface area contributed by atoms with Gasteiger partial charge in [0, 0.05) is 22.5 Å². The van der Waals surface area contributed by atoms with Gasteiger partial charge in [-0.25, -0.2) is 8.78 Å². The molecule has 0 spiro atoms. The highest BCUT2D eigenvalue weighted by Crippen LogP contribution is 2.22. The lowest BCUT2D eigenvalue weighted by atomic mass is 10.2. The zero-order valence-corrected chi connectivity index (χ0v) is 13.3. The topological polar surface area (TPSA) is 62.7 Å². The van der Waals surface area contributed by atoms with Crippen LogP contribution in [0.5, 0.6) is 0 Å². The van der Waals surface area contributed by atoms with Crippen LogP contribution in [0.4, 0.5) is 31.9 Å². The lowest BCUT2D eigenvalue weighted by Crippen LogP contribution is -2.02. The van der Waals surface area contributed by atoms with Crippen LogP contribution in [0.2, 0.25) is 5.02 Å². The minimum Gasteiger partial charge on any atom is -0.339 e. The molecule has 0 saturated heterocycles.